The molecule has 0 bridgehead atoms. The van der Waals surface area contributed by atoms with Crippen LogP contribution in [0.5, 0.6) is 0 Å². The van der Waals surface area contributed by atoms with Crippen LogP contribution in [0.4, 0.5) is 10.8 Å². The number of carbonyl (C=O) groups excluding carboxylic acids is 2. The number of hydrogen-bond donors (Lipinski definition) is 2. The molecule has 0 spiro atoms. The maximum Gasteiger partial charge on any atom is 0.256 e. The fourth-order valence-electron chi connectivity index (χ4n) is 3.50. The molecular weight excluding hydrogens is 434 g/mol. The molecule has 2 N–H and O–H groups in total. The van der Waals surface area contributed by atoms with Crippen molar-refractivity contribution >= 4 is 55.1 Å². The summed E-state index contributed by atoms with van der Waals surface area (Å²) in [7, 11) is 0. The van der Waals surface area contributed by atoms with Gasteiger partial charge in [0.25, 0.3) is 5.91 Å². The van der Waals surface area contributed by atoms with Gasteiger partial charge in [0, 0.05) is 35.5 Å². The number of fused-ring (bicyclic) bond motifs is 2. The number of carbonyl (C=O) groups is 2. The standard InChI is InChI=1S/C25H19N5O2S/c1-2-23(31)30-25-29-20-8-7-16(13-22(20)33-25)27-24(32)18-14-21(15-9-11-26-12-10-15)28-19-6-4-3-5-17(18)19/h3-14H,2H2,1H3,(H,27,32)(H,29,30,31). The molecule has 0 saturated carbocycles. The Bertz CT molecular complexity index is 1500. The molecule has 2 aromatic carbocycles. The minimum Gasteiger partial charge on any atom is -0.322 e. The average molecular weight is 454 g/mol. The number of pyridine rings is 2. The Morgan fingerprint density at radius 2 is 1.73 bits per heavy atom. The van der Waals surface area contributed by atoms with E-state index in [1.807, 2.05) is 48.5 Å². The zero-order valence-corrected chi connectivity index (χ0v) is 18.5. The summed E-state index contributed by atoms with van der Waals surface area (Å²) in [5.74, 6) is -0.315. The summed E-state index contributed by atoms with van der Waals surface area (Å²) in [6.45, 7) is 1.79. The monoisotopic (exact) mass is 453 g/mol. The lowest BCUT2D eigenvalue weighted by Crippen LogP contribution is -2.13. The van der Waals surface area contributed by atoms with E-state index >= 15 is 0 Å². The van der Waals surface area contributed by atoms with Gasteiger partial charge in [0.15, 0.2) is 5.13 Å². The predicted octanol–water partition coefficient (Wildman–Crippen LogP) is 5.51. The van der Waals surface area contributed by atoms with Gasteiger partial charge in [-0.3, -0.25) is 14.6 Å². The molecule has 0 aliphatic carbocycles. The number of anilines is 2. The lowest BCUT2D eigenvalue weighted by atomic mass is 10.0. The first kappa shape index (κ1) is 20.7. The number of para-hydroxylation sites is 1. The van der Waals surface area contributed by atoms with Gasteiger partial charge in [-0.15, -0.1) is 0 Å². The normalized spacial score (nSPS) is 10.9. The summed E-state index contributed by atoms with van der Waals surface area (Å²) >= 11 is 1.37. The third-order valence-electron chi connectivity index (χ3n) is 5.15. The first-order chi connectivity index (χ1) is 16.1. The van der Waals surface area contributed by atoms with Gasteiger partial charge in [-0.1, -0.05) is 36.5 Å². The molecule has 2 amide bonds. The van der Waals surface area contributed by atoms with Crippen LogP contribution in [-0.2, 0) is 4.79 Å². The zero-order chi connectivity index (χ0) is 22.8. The highest BCUT2D eigenvalue weighted by atomic mass is 32.1. The van der Waals surface area contributed by atoms with Crippen molar-refractivity contribution in [1.29, 1.82) is 0 Å². The van der Waals surface area contributed by atoms with E-state index < -0.39 is 0 Å². The molecule has 0 aliphatic rings. The molecule has 7 nitrogen and oxygen atoms in total. The van der Waals surface area contributed by atoms with Gasteiger partial charge in [-0.05, 0) is 42.5 Å². The molecule has 8 heteroatoms. The molecule has 5 rings (SSSR count). The quantitative estimate of drug-likeness (QED) is 0.366. The van der Waals surface area contributed by atoms with Gasteiger partial charge in [0.05, 0.1) is 27.0 Å². The van der Waals surface area contributed by atoms with Crippen LogP contribution in [0, 0.1) is 0 Å². The number of hydrogen-bond acceptors (Lipinski definition) is 6. The van der Waals surface area contributed by atoms with Crippen molar-refractivity contribution in [3.8, 4) is 11.3 Å². The van der Waals surface area contributed by atoms with Crippen LogP contribution in [0.2, 0.25) is 0 Å². The molecular formula is C25H19N5O2S. The number of aromatic nitrogens is 3. The van der Waals surface area contributed by atoms with Crippen molar-refractivity contribution < 1.29 is 9.59 Å². The van der Waals surface area contributed by atoms with Gasteiger partial charge in [0.1, 0.15) is 0 Å². The second kappa shape index (κ2) is 8.76. The topological polar surface area (TPSA) is 96.9 Å². The van der Waals surface area contributed by atoms with Crippen molar-refractivity contribution in [2.24, 2.45) is 0 Å². The Morgan fingerprint density at radius 3 is 2.55 bits per heavy atom. The number of benzene rings is 2. The number of amides is 2. The van der Waals surface area contributed by atoms with E-state index in [0.29, 0.717) is 28.5 Å². The largest absolute Gasteiger partial charge is 0.322 e. The lowest BCUT2D eigenvalue weighted by molar-refractivity contribution is -0.115. The Kier molecular flexibility index (Phi) is 5.50. The SMILES string of the molecule is CCC(=O)Nc1nc2ccc(NC(=O)c3cc(-c4ccncc4)nc4ccccc34)cc2s1. The number of thiazole rings is 1. The summed E-state index contributed by atoms with van der Waals surface area (Å²) < 4.78 is 0.872. The Morgan fingerprint density at radius 1 is 0.909 bits per heavy atom. The van der Waals surface area contributed by atoms with Gasteiger partial charge in [-0.2, -0.15) is 0 Å². The van der Waals surface area contributed by atoms with Crippen LogP contribution in [0.15, 0.2) is 73.1 Å². The smallest absolute Gasteiger partial charge is 0.256 e. The van der Waals surface area contributed by atoms with Crippen LogP contribution < -0.4 is 10.6 Å². The molecule has 0 fully saturated rings. The number of nitrogens with zero attached hydrogens (tertiary/aromatic N) is 3. The van der Waals surface area contributed by atoms with E-state index in [1.54, 1.807) is 31.5 Å². The van der Waals surface area contributed by atoms with Gasteiger partial charge < -0.3 is 10.6 Å². The van der Waals surface area contributed by atoms with Crippen molar-refractivity contribution in [2.75, 3.05) is 10.6 Å². The summed E-state index contributed by atoms with van der Waals surface area (Å²) in [6, 6.07) is 18.6. The highest BCUT2D eigenvalue weighted by molar-refractivity contribution is 7.22. The first-order valence-corrected chi connectivity index (χ1v) is 11.2. The fraction of sp³-hybridized carbons (Fsp3) is 0.0800. The van der Waals surface area contributed by atoms with Crippen molar-refractivity contribution in [3.05, 3.63) is 78.6 Å². The molecule has 162 valence electrons. The molecule has 0 aliphatic heterocycles. The van der Waals surface area contributed by atoms with Crippen molar-refractivity contribution in [2.45, 2.75) is 13.3 Å². The summed E-state index contributed by atoms with van der Waals surface area (Å²) in [5, 5.41) is 7.09. The summed E-state index contributed by atoms with van der Waals surface area (Å²) in [4.78, 5) is 38.2. The molecule has 0 unspecified atom stereocenters. The highest BCUT2D eigenvalue weighted by Gasteiger charge is 2.15. The minimum atomic E-state index is -0.229. The first-order valence-electron chi connectivity index (χ1n) is 10.4. The van der Waals surface area contributed by atoms with Crippen molar-refractivity contribution in [3.63, 3.8) is 0 Å². The molecule has 0 saturated heterocycles. The second-order valence-corrected chi connectivity index (χ2v) is 8.40. The maximum atomic E-state index is 13.3. The van der Waals surface area contributed by atoms with Gasteiger partial charge >= 0.3 is 0 Å². The third kappa shape index (κ3) is 4.28. The highest BCUT2D eigenvalue weighted by Crippen LogP contribution is 2.30. The Labute approximate surface area is 193 Å². The molecule has 3 heterocycles. The number of nitrogens with one attached hydrogen (secondary N) is 2. The molecule has 0 atom stereocenters. The predicted molar refractivity (Wildman–Crippen MR) is 131 cm³/mol. The van der Waals surface area contributed by atoms with Gasteiger partial charge in [0.2, 0.25) is 5.91 Å². The van der Waals surface area contributed by atoms with Crippen LogP contribution in [-0.4, -0.2) is 26.8 Å². The maximum absolute atomic E-state index is 13.3. The van der Waals surface area contributed by atoms with E-state index in [1.165, 1.54) is 11.3 Å². The van der Waals surface area contributed by atoms with E-state index in [-0.39, 0.29) is 11.8 Å². The summed E-state index contributed by atoms with van der Waals surface area (Å²) in [5.41, 5.74) is 4.28. The van der Waals surface area contributed by atoms with E-state index in [4.69, 9.17) is 4.98 Å². The molecule has 0 radical (unpaired) electrons. The van der Waals surface area contributed by atoms with Crippen LogP contribution >= 0.6 is 11.3 Å². The third-order valence-corrected chi connectivity index (χ3v) is 6.08. The van der Waals surface area contributed by atoms with Crippen LogP contribution in [0.3, 0.4) is 0 Å². The summed E-state index contributed by atoms with van der Waals surface area (Å²) in [6.07, 6.45) is 3.79. The van der Waals surface area contributed by atoms with Crippen LogP contribution in [0.1, 0.15) is 23.7 Å². The van der Waals surface area contributed by atoms with Crippen LogP contribution in [0.25, 0.3) is 32.4 Å². The zero-order valence-electron chi connectivity index (χ0n) is 17.7. The van der Waals surface area contributed by atoms with Crippen molar-refractivity contribution in [1.82, 2.24) is 15.0 Å². The van der Waals surface area contributed by atoms with E-state index in [9.17, 15) is 9.59 Å². The average Bonchev–Trinajstić information content (AvgIpc) is 3.25. The lowest BCUT2D eigenvalue weighted by Gasteiger charge is -2.11. The number of rotatable bonds is 5. The fourth-order valence-corrected chi connectivity index (χ4v) is 4.42. The Hall–Kier alpha value is -4.17. The van der Waals surface area contributed by atoms with E-state index in [2.05, 4.69) is 20.6 Å². The van der Waals surface area contributed by atoms with E-state index in [0.717, 1.165) is 26.7 Å². The Balaban J connectivity index is 1.48. The minimum absolute atomic E-state index is 0.0860. The molecule has 3 aromatic heterocycles. The molecule has 33 heavy (non-hydrogen) atoms. The second-order valence-electron chi connectivity index (χ2n) is 7.37. The van der Waals surface area contributed by atoms with Gasteiger partial charge in [-0.25, -0.2) is 9.97 Å². The molecule has 5 aromatic rings.